The summed E-state index contributed by atoms with van der Waals surface area (Å²) in [7, 11) is 0. The molecule has 5 rings (SSSR count). The Morgan fingerprint density at radius 1 is 0.897 bits per heavy atom. The normalized spacial score (nSPS) is 11.2. The van der Waals surface area contributed by atoms with Gasteiger partial charge in [0.25, 0.3) is 5.91 Å². The summed E-state index contributed by atoms with van der Waals surface area (Å²) in [5.74, 6) is 0.684. The number of imidazole rings is 1. The van der Waals surface area contributed by atoms with Crippen molar-refractivity contribution in [1.82, 2.24) is 15.0 Å². The van der Waals surface area contributed by atoms with Crippen LogP contribution in [0.5, 0.6) is 0 Å². The summed E-state index contributed by atoms with van der Waals surface area (Å²) in [5.41, 5.74) is 7.74. The maximum atomic E-state index is 12.6. The number of nitrogens with zero attached hydrogens (tertiary/aromatic N) is 1. The molecule has 0 aliphatic carbocycles. The summed E-state index contributed by atoms with van der Waals surface area (Å²) >= 11 is 0. The van der Waals surface area contributed by atoms with Gasteiger partial charge in [0.1, 0.15) is 5.82 Å². The molecule has 29 heavy (non-hydrogen) atoms. The molecule has 0 spiro atoms. The minimum Gasteiger partial charge on any atom is -0.361 e. The van der Waals surface area contributed by atoms with E-state index < -0.39 is 0 Å². The number of amides is 1. The average Bonchev–Trinajstić information content (AvgIpc) is 3.35. The zero-order chi connectivity index (χ0) is 20.0. The summed E-state index contributed by atoms with van der Waals surface area (Å²) in [6, 6.07) is 19.5. The van der Waals surface area contributed by atoms with Crippen molar-refractivity contribution < 1.29 is 4.79 Å². The van der Waals surface area contributed by atoms with Gasteiger partial charge in [0, 0.05) is 28.5 Å². The van der Waals surface area contributed by atoms with Gasteiger partial charge in [0.05, 0.1) is 11.0 Å². The molecule has 3 aromatic carbocycles. The lowest BCUT2D eigenvalue weighted by molar-refractivity contribution is 0.102. The molecular weight excluding hydrogens is 360 g/mol. The number of benzene rings is 3. The van der Waals surface area contributed by atoms with Gasteiger partial charge >= 0.3 is 0 Å². The van der Waals surface area contributed by atoms with Crippen LogP contribution in [0.4, 0.5) is 5.69 Å². The van der Waals surface area contributed by atoms with E-state index in [2.05, 4.69) is 41.3 Å². The lowest BCUT2D eigenvalue weighted by Crippen LogP contribution is -2.11. The van der Waals surface area contributed by atoms with Crippen molar-refractivity contribution in [2.24, 2.45) is 0 Å². The third-order valence-corrected chi connectivity index (χ3v) is 5.33. The van der Waals surface area contributed by atoms with Gasteiger partial charge in [-0.05, 0) is 85.0 Å². The molecule has 1 amide bonds. The fraction of sp³-hybridized carbons (Fsp3) is 0.0833. The highest BCUT2D eigenvalue weighted by Crippen LogP contribution is 2.24. The molecule has 2 aromatic heterocycles. The largest absolute Gasteiger partial charge is 0.361 e. The number of fused-ring (bicyclic) bond motifs is 2. The van der Waals surface area contributed by atoms with Gasteiger partial charge in [-0.2, -0.15) is 0 Å². The number of aryl methyl sites for hydroxylation is 2. The molecule has 5 nitrogen and oxygen atoms in total. The van der Waals surface area contributed by atoms with Gasteiger partial charge in [-0.1, -0.05) is 6.07 Å². The summed E-state index contributed by atoms with van der Waals surface area (Å²) in [4.78, 5) is 23.8. The maximum Gasteiger partial charge on any atom is 0.255 e. The van der Waals surface area contributed by atoms with Crippen LogP contribution in [0.3, 0.4) is 0 Å². The molecule has 0 radical (unpaired) electrons. The molecule has 0 fully saturated rings. The molecule has 0 atom stereocenters. The van der Waals surface area contributed by atoms with Gasteiger partial charge in [-0.15, -0.1) is 0 Å². The van der Waals surface area contributed by atoms with E-state index in [0.29, 0.717) is 5.56 Å². The summed E-state index contributed by atoms with van der Waals surface area (Å²) in [6.07, 6.45) is 1.87. The van der Waals surface area contributed by atoms with E-state index in [1.165, 1.54) is 11.1 Å². The average molecular weight is 380 g/mol. The molecule has 3 N–H and O–H groups in total. The van der Waals surface area contributed by atoms with Crippen LogP contribution in [0.2, 0.25) is 0 Å². The van der Waals surface area contributed by atoms with Gasteiger partial charge < -0.3 is 15.3 Å². The minimum absolute atomic E-state index is 0.135. The summed E-state index contributed by atoms with van der Waals surface area (Å²) < 4.78 is 0. The first kappa shape index (κ1) is 17.3. The van der Waals surface area contributed by atoms with Crippen LogP contribution in [0.1, 0.15) is 21.5 Å². The molecule has 142 valence electrons. The Kier molecular flexibility index (Phi) is 3.95. The maximum absolute atomic E-state index is 12.6. The van der Waals surface area contributed by atoms with Crippen LogP contribution < -0.4 is 5.32 Å². The number of aromatic nitrogens is 3. The molecule has 0 saturated carbocycles. The Hall–Kier alpha value is -3.86. The third-order valence-electron chi connectivity index (χ3n) is 5.33. The molecule has 0 saturated heterocycles. The number of nitrogens with one attached hydrogen (secondary N) is 3. The summed E-state index contributed by atoms with van der Waals surface area (Å²) in [5, 5.41) is 4.04. The second-order valence-corrected chi connectivity index (χ2v) is 7.35. The molecule has 0 aliphatic heterocycles. The monoisotopic (exact) mass is 380 g/mol. The van der Waals surface area contributed by atoms with Crippen molar-refractivity contribution in [1.29, 1.82) is 0 Å². The first-order valence-electron chi connectivity index (χ1n) is 9.53. The predicted octanol–water partition coefficient (Wildman–Crippen LogP) is 5.58. The number of anilines is 1. The Labute approximate surface area is 167 Å². The van der Waals surface area contributed by atoms with Crippen molar-refractivity contribution in [2.75, 3.05) is 5.32 Å². The first-order valence-corrected chi connectivity index (χ1v) is 9.53. The van der Waals surface area contributed by atoms with Crippen molar-refractivity contribution in [3.8, 4) is 11.4 Å². The van der Waals surface area contributed by atoms with E-state index in [0.717, 1.165) is 39.0 Å². The van der Waals surface area contributed by atoms with Crippen LogP contribution in [-0.4, -0.2) is 20.9 Å². The highest BCUT2D eigenvalue weighted by Gasteiger charge is 2.10. The standard InChI is InChI=1S/C24H20N4O/c1-14-11-21-22(12-15(14)2)28-23(27-21)17-5-7-19(8-6-17)26-24(29)18-4-3-16-9-10-25-20(16)13-18/h3-13,25H,1-2H3,(H,26,29)(H,27,28). The van der Waals surface area contributed by atoms with Gasteiger partial charge in [0.15, 0.2) is 0 Å². The quantitative estimate of drug-likeness (QED) is 0.382. The summed E-state index contributed by atoms with van der Waals surface area (Å²) in [6.45, 7) is 4.19. The first-order chi connectivity index (χ1) is 14.1. The Bertz CT molecular complexity index is 1320. The van der Waals surface area contributed by atoms with E-state index in [1.807, 2.05) is 54.7 Å². The molecular formula is C24H20N4O. The number of hydrogen-bond donors (Lipinski definition) is 3. The van der Waals surface area contributed by atoms with E-state index in [-0.39, 0.29) is 5.91 Å². The van der Waals surface area contributed by atoms with Crippen LogP contribution in [0, 0.1) is 13.8 Å². The van der Waals surface area contributed by atoms with Crippen molar-refractivity contribution in [3.63, 3.8) is 0 Å². The highest BCUT2D eigenvalue weighted by atomic mass is 16.1. The van der Waals surface area contributed by atoms with Crippen LogP contribution in [0.15, 0.2) is 66.9 Å². The van der Waals surface area contributed by atoms with Crippen molar-refractivity contribution in [3.05, 3.63) is 83.6 Å². The zero-order valence-electron chi connectivity index (χ0n) is 16.2. The van der Waals surface area contributed by atoms with Gasteiger partial charge in [-0.25, -0.2) is 4.98 Å². The van der Waals surface area contributed by atoms with E-state index in [4.69, 9.17) is 4.98 Å². The Morgan fingerprint density at radius 2 is 1.69 bits per heavy atom. The SMILES string of the molecule is Cc1cc2nc(-c3ccc(NC(=O)c4ccc5cc[nH]c5c4)cc3)[nH]c2cc1C. The Morgan fingerprint density at radius 3 is 2.52 bits per heavy atom. The lowest BCUT2D eigenvalue weighted by Gasteiger charge is -2.06. The van der Waals surface area contributed by atoms with Crippen LogP contribution in [0.25, 0.3) is 33.3 Å². The number of H-pyrrole nitrogens is 2. The number of rotatable bonds is 3. The highest BCUT2D eigenvalue weighted by molar-refractivity contribution is 6.06. The fourth-order valence-electron chi connectivity index (χ4n) is 3.51. The van der Waals surface area contributed by atoms with Crippen molar-refractivity contribution in [2.45, 2.75) is 13.8 Å². The Balaban J connectivity index is 1.37. The molecule has 0 bridgehead atoms. The second kappa shape index (κ2) is 6.63. The van der Waals surface area contributed by atoms with Crippen molar-refractivity contribution >= 4 is 33.5 Å². The zero-order valence-corrected chi connectivity index (χ0v) is 16.2. The smallest absolute Gasteiger partial charge is 0.255 e. The van der Waals surface area contributed by atoms with Gasteiger partial charge in [0.2, 0.25) is 0 Å². The lowest BCUT2D eigenvalue weighted by atomic mass is 10.1. The molecule has 2 heterocycles. The predicted molar refractivity (Wildman–Crippen MR) is 117 cm³/mol. The number of carbonyl (C=O) groups is 1. The number of carbonyl (C=O) groups excluding carboxylic acids is 1. The molecule has 0 aliphatic rings. The third kappa shape index (κ3) is 3.17. The molecule has 5 heteroatoms. The fourth-order valence-corrected chi connectivity index (χ4v) is 3.51. The van der Waals surface area contributed by atoms with Crippen LogP contribution in [-0.2, 0) is 0 Å². The molecule has 0 unspecified atom stereocenters. The van der Waals surface area contributed by atoms with E-state index in [9.17, 15) is 4.79 Å². The number of hydrogen-bond acceptors (Lipinski definition) is 2. The van der Waals surface area contributed by atoms with Crippen LogP contribution >= 0.6 is 0 Å². The van der Waals surface area contributed by atoms with E-state index >= 15 is 0 Å². The second-order valence-electron chi connectivity index (χ2n) is 7.35. The van der Waals surface area contributed by atoms with E-state index in [1.54, 1.807) is 0 Å². The molecule has 5 aromatic rings. The minimum atomic E-state index is -0.135. The number of aromatic amines is 2. The van der Waals surface area contributed by atoms with Gasteiger partial charge in [-0.3, -0.25) is 4.79 Å². The topological polar surface area (TPSA) is 73.6 Å².